The highest BCUT2D eigenvalue weighted by Crippen LogP contribution is 2.18. The van der Waals surface area contributed by atoms with E-state index in [1.165, 1.54) is 0 Å². The monoisotopic (exact) mass is 264 g/mol. The number of hydrogen-bond acceptors (Lipinski definition) is 3. The van der Waals surface area contributed by atoms with Crippen LogP contribution in [0.4, 0.5) is 13.2 Å². The maximum absolute atomic E-state index is 12.1. The minimum absolute atomic E-state index is 0.417. The number of alkyl halides is 3. The molecule has 0 spiro atoms. The summed E-state index contributed by atoms with van der Waals surface area (Å²) in [5.74, 6) is 0. The molecule has 0 bridgehead atoms. The van der Waals surface area contributed by atoms with Crippen LogP contribution in [-0.4, -0.2) is 37.8 Å². The van der Waals surface area contributed by atoms with Crippen LogP contribution in [0.3, 0.4) is 0 Å². The van der Waals surface area contributed by atoms with Crippen LogP contribution in [0.1, 0.15) is 26.2 Å². The molecule has 1 N–H and O–H groups in total. The Bertz CT molecular complexity index is 313. The van der Waals surface area contributed by atoms with E-state index < -0.39 is 19.0 Å². The minimum Gasteiger partial charge on any atom is -0.347 e. The Morgan fingerprint density at radius 1 is 1.39 bits per heavy atom. The fourth-order valence-corrected chi connectivity index (χ4v) is 1.66. The summed E-state index contributed by atoms with van der Waals surface area (Å²) in [6.45, 7) is 6.00. The van der Waals surface area contributed by atoms with Gasteiger partial charge in [0.1, 0.15) is 12.8 Å². The van der Waals surface area contributed by atoms with Gasteiger partial charge in [0.2, 0.25) is 0 Å². The van der Waals surface area contributed by atoms with Crippen LogP contribution in [0.5, 0.6) is 0 Å². The largest absolute Gasteiger partial charge is 0.411 e. The summed E-state index contributed by atoms with van der Waals surface area (Å²) >= 11 is 0. The summed E-state index contributed by atoms with van der Waals surface area (Å²) in [6, 6.07) is 0. The highest BCUT2D eigenvalue weighted by molar-refractivity contribution is 6.00. The minimum atomic E-state index is -4.31. The molecule has 1 aliphatic heterocycles. The molecular formula is C12H19F3N2O. The first kappa shape index (κ1) is 15.2. The zero-order chi connectivity index (χ0) is 13.6. The van der Waals surface area contributed by atoms with Gasteiger partial charge < -0.3 is 10.1 Å². The molecule has 0 aliphatic carbocycles. The van der Waals surface area contributed by atoms with Gasteiger partial charge in [0.25, 0.3) is 0 Å². The highest BCUT2D eigenvalue weighted by Gasteiger charge is 2.29. The van der Waals surface area contributed by atoms with E-state index in [4.69, 9.17) is 4.74 Å². The Morgan fingerprint density at radius 2 is 2.06 bits per heavy atom. The first-order valence-corrected chi connectivity index (χ1v) is 6.06. The maximum atomic E-state index is 12.1. The second-order valence-electron chi connectivity index (χ2n) is 4.22. The predicted molar refractivity (Wildman–Crippen MR) is 64.8 cm³/mol. The Hall–Kier alpha value is -0.880. The summed E-state index contributed by atoms with van der Waals surface area (Å²) in [4.78, 5) is 4.25. The molecule has 1 fully saturated rings. The van der Waals surface area contributed by atoms with E-state index in [1.807, 2.05) is 0 Å². The van der Waals surface area contributed by atoms with Gasteiger partial charge in [0.15, 0.2) is 0 Å². The van der Waals surface area contributed by atoms with Crippen molar-refractivity contribution in [2.24, 2.45) is 4.99 Å². The maximum Gasteiger partial charge on any atom is 0.411 e. The van der Waals surface area contributed by atoms with Crippen molar-refractivity contribution in [3.05, 3.63) is 12.2 Å². The Kier molecular flexibility index (Phi) is 5.81. The number of ether oxygens (including phenoxy) is 1. The van der Waals surface area contributed by atoms with Crippen LogP contribution in [0, 0.1) is 0 Å². The topological polar surface area (TPSA) is 33.6 Å². The van der Waals surface area contributed by atoms with Crippen molar-refractivity contribution < 1.29 is 17.9 Å². The number of rotatable bonds is 4. The van der Waals surface area contributed by atoms with Crippen molar-refractivity contribution in [3.63, 3.8) is 0 Å². The number of halogens is 3. The van der Waals surface area contributed by atoms with Crippen LogP contribution in [0.15, 0.2) is 17.1 Å². The predicted octanol–water partition coefficient (Wildman–Crippen LogP) is 2.68. The molecule has 18 heavy (non-hydrogen) atoms. The van der Waals surface area contributed by atoms with Crippen molar-refractivity contribution in [2.45, 2.75) is 38.6 Å². The van der Waals surface area contributed by atoms with Gasteiger partial charge in [0.05, 0.1) is 0 Å². The molecule has 0 saturated carbocycles. The molecule has 6 heteroatoms. The lowest BCUT2D eigenvalue weighted by molar-refractivity contribution is -0.184. The Balaban J connectivity index is 2.61. The molecule has 104 valence electrons. The Morgan fingerprint density at radius 3 is 2.67 bits per heavy atom. The summed E-state index contributed by atoms with van der Waals surface area (Å²) in [5, 5.41) is 3.19. The standard InChI is InChI=1S/C12H19F3N2O/c1-3-11(18-8-12(13,14)15)17-10-5-7-16-6-4-9(10)2/h11,16H,2-8H2,1H3/b17-10-. The zero-order valence-corrected chi connectivity index (χ0v) is 10.5. The average molecular weight is 264 g/mol. The lowest BCUT2D eigenvalue weighted by Gasteiger charge is -2.16. The van der Waals surface area contributed by atoms with E-state index in [1.54, 1.807) is 6.92 Å². The third kappa shape index (κ3) is 5.64. The fourth-order valence-electron chi connectivity index (χ4n) is 1.66. The molecule has 0 aromatic heterocycles. The summed E-state index contributed by atoms with van der Waals surface area (Å²) in [5.41, 5.74) is 1.66. The van der Waals surface area contributed by atoms with Gasteiger partial charge in [-0.25, -0.2) is 0 Å². The fraction of sp³-hybridized carbons (Fsp3) is 0.750. The van der Waals surface area contributed by atoms with Gasteiger partial charge in [0, 0.05) is 18.7 Å². The molecule has 1 heterocycles. The van der Waals surface area contributed by atoms with Gasteiger partial charge in [-0.05, 0) is 25.0 Å². The van der Waals surface area contributed by atoms with Gasteiger partial charge in [-0.3, -0.25) is 4.99 Å². The quantitative estimate of drug-likeness (QED) is 0.847. The van der Waals surface area contributed by atoms with Gasteiger partial charge in [-0.15, -0.1) is 0 Å². The number of hydrogen-bond donors (Lipinski definition) is 1. The smallest absolute Gasteiger partial charge is 0.347 e. The molecule has 1 aliphatic rings. The lowest BCUT2D eigenvalue weighted by Crippen LogP contribution is -2.23. The van der Waals surface area contributed by atoms with Crippen molar-refractivity contribution in [1.29, 1.82) is 0 Å². The molecule has 0 radical (unpaired) electrons. The van der Waals surface area contributed by atoms with E-state index in [2.05, 4.69) is 16.9 Å². The summed E-state index contributed by atoms with van der Waals surface area (Å²) < 4.78 is 41.0. The van der Waals surface area contributed by atoms with E-state index in [0.717, 1.165) is 30.8 Å². The van der Waals surface area contributed by atoms with Crippen LogP contribution in [0.2, 0.25) is 0 Å². The normalized spacial score (nSPS) is 22.0. The van der Waals surface area contributed by atoms with E-state index >= 15 is 0 Å². The van der Waals surface area contributed by atoms with Crippen LogP contribution in [0.25, 0.3) is 0 Å². The number of aliphatic imine (C=N–C) groups is 1. The number of nitrogens with zero attached hydrogens (tertiary/aromatic N) is 1. The van der Waals surface area contributed by atoms with Crippen molar-refractivity contribution >= 4 is 5.71 Å². The molecular weight excluding hydrogens is 245 g/mol. The second kappa shape index (κ2) is 6.89. The highest BCUT2D eigenvalue weighted by atomic mass is 19.4. The molecule has 0 amide bonds. The van der Waals surface area contributed by atoms with Gasteiger partial charge >= 0.3 is 6.18 Å². The molecule has 0 aromatic rings. The van der Waals surface area contributed by atoms with Crippen molar-refractivity contribution in [2.75, 3.05) is 19.7 Å². The molecule has 1 unspecified atom stereocenters. The van der Waals surface area contributed by atoms with Gasteiger partial charge in [-0.1, -0.05) is 13.5 Å². The molecule has 0 aromatic carbocycles. The average Bonchev–Trinajstić information content (AvgIpc) is 2.48. The number of nitrogens with one attached hydrogen (secondary N) is 1. The van der Waals surface area contributed by atoms with E-state index in [-0.39, 0.29) is 0 Å². The molecule has 1 rings (SSSR count). The van der Waals surface area contributed by atoms with E-state index in [0.29, 0.717) is 12.8 Å². The second-order valence-corrected chi connectivity index (χ2v) is 4.22. The molecule has 3 nitrogen and oxygen atoms in total. The summed E-state index contributed by atoms with van der Waals surface area (Å²) in [6.07, 6.45) is -3.17. The van der Waals surface area contributed by atoms with Crippen molar-refractivity contribution in [3.8, 4) is 0 Å². The first-order valence-electron chi connectivity index (χ1n) is 6.06. The zero-order valence-electron chi connectivity index (χ0n) is 10.5. The SMILES string of the molecule is C=C1CCNCC/C1=N/C(CC)OCC(F)(F)F. The third-order valence-electron chi connectivity index (χ3n) is 2.64. The summed E-state index contributed by atoms with van der Waals surface area (Å²) in [7, 11) is 0. The third-order valence-corrected chi connectivity index (χ3v) is 2.64. The molecule has 1 atom stereocenters. The molecule has 1 saturated heterocycles. The van der Waals surface area contributed by atoms with Gasteiger partial charge in [-0.2, -0.15) is 13.2 Å². The van der Waals surface area contributed by atoms with E-state index in [9.17, 15) is 13.2 Å². The van der Waals surface area contributed by atoms with Crippen LogP contribution >= 0.6 is 0 Å². The Labute approximate surface area is 105 Å². The van der Waals surface area contributed by atoms with Crippen LogP contribution < -0.4 is 5.32 Å². The first-order chi connectivity index (χ1) is 8.42. The lowest BCUT2D eigenvalue weighted by atomic mass is 10.1. The van der Waals surface area contributed by atoms with Crippen molar-refractivity contribution in [1.82, 2.24) is 5.32 Å². The van der Waals surface area contributed by atoms with Crippen LogP contribution in [-0.2, 0) is 4.74 Å².